The molecule has 0 bridgehead atoms. The molecule has 3 nitrogen and oxygen atoms in total. The van der Waals surface area contributed by atoms with Gasteiger partial charge in [-0.2, -0.15) is 0 Å². The van der Waals surface area contributed by atoms with Crippen LogP contribution in [-0.2, 0) is 13.3 Å². The van der Waals surface area contributed by atoms with Gasteiger partial charge in [-0.05, 0) is 20.8 Å². The first-order chi connectivity index (χ1) is 7.45. The van der Waals surface area contributed by atoms with Gasteiger partial charge < -0.3 is 13.3 Å². The highest BCUT2D eigenvalue weighted by molar-refractivity contribution is 6.89. The second kappa shape index (κ2) is 7.60. The molecule has 0 unspecified atom stereocenters. The molecule has 0 rings (SSSR count). The molecular formula is C11H28O3Si2. The molecule has 0 aromatic heterocycles. The van der Waals surface area contributed by atoms with E-state index in [4.69, 9.17) is 13.3 Å². The molecule has 0 spiro atoms. The van der Waals surface area contributed by atoms with Gasteiger partial charge in [0.2, 0.25) is 0 Å². The first-order valence-corrected chi connectivity index (χ1v) is 11.7. The number of hydrogen-bond acceptors (Lipinski definition) is 3. The van der Waals surface area contributed by atoms with Crippen LogP contribution in [0.4, 0.5) is 0 Å². The fourth-order valence-electron chi connectivity index (χ4n) is 1.65. The summed E-state index contributed by atoms with van der Waals surface area (Å²) in [6.07, 6.45) is 0. The molecule has 0 amide bonds. The second-order valence-electron chi connectivity index (χ2n) is 4.68. The Kier molecular flexibility index (Phi) is 7.75. The minimum absolute atomic E-state index is 0.681. The van der Waals surface area contributed by atoms with E-state index >= 15 is 0 Å². The summed E-state index contributed by atoms with van der Waals surface area (Å²) in [6, 6.07) is 1.25. The zero-order valence-electron chi connectivity index (χ0n) is 11.8. The maximum atomic E-state index is 5.88. The molecule has 0 saturated heterocycles. The van der Waals surface area contributed by atoms with Crippen molar-refractivity contribution in [3.05, 3.63) is 0 Å². The summed E-state index contributed by atoms with van der Waals surface area (Å²) in [6.45, 7) is 15.1. The lowest BCUT2D eigenvalue weighted by atomic mass is 10.9. The van der Waals surface area contributed by atoms with Crippen LogP contribution in [0.5, 0.6) is 0 Å². The third kappa shape index (κ3) is 5.59. The highest BCUT2D eigenvalue weighted by Gasteiger charge is 2.45. The van der Waals surface area contributed by atoms with E-state index in [0.717, 1.165) is 5.67 Å². The van der Waals surface area contributed by atoms with Crippen LogP contribution in [-0.4, -0.2) is 36.7 Å². The summed E-state index contributed by atoms with van der Waals surface area (Å²) in [5, 5.41) is 0. The van der Waals surface area contributed by atoms with Gasteiger partial charge in [-0.3, -0.25) is 0 Å². The summed E-state index contributed by atoms with van der Waals surface area (Å²) < 4.78 is 17.6. The van der Waals surface area contributed by atoms with Crippen molar-refractivity contribution in [1.82, 2.24) is 0 Å². The SMILES string of the molecule is CCO[Si](C[Si](C)(C)CC)(OCC)OCC. The van der Waals surface area contributed by atoms with Crippen molar-refractivity contribution in [2.45, 2.75) is 52.5 Å². The molecule has 0 heterocycles. The standard InChI is InChI=1S/C11H28O3Si2/c1-7-12-16(13-8-2,14-9-3)11-15(5,6)10-4/h7-11H2,1-6H3. The Balaban J connectivity index is 4.71. The first kappa shape index (κ1) is 16.3. The van der Waals surface area contributed by atoms with Crippen LogP contribution >= 0.6 is 0 Å². The Labute approximate surface area is 103 Å². The lowest BCUT2D eigenvalue weighted by molar-refractivity contribution is 0.0755. The van der Waals surface area contributed by atoms with E-state index in [0.29, 0.717) is 19.8 Å². The molecule has 0 aliphatic carbocycles. The molecule has 0 aliphatic rings. The predicted molar refractivity (Wildman–Crippen MR) is 73.4 cm³/mol. The van der Waals surface area contributed by atoms with Crippen molar-refractivity contribution >= 4 is 16.9 Å². The van der Waals surface area contributed by atoms with Crippen molar-refractivity contribution in [3.63, 3.8) is 0 Å². The highest BCUT2D eigenvalue weighted by atomic mass is 28.4. The molecule has 0 radical (unpaired) electrons. The number of hydrogen-bond donors (Lipinski definition) is 0. The summed E-state index contributed by atoms with van der Waals surface area (Å²) in [5.41, 5.74) is 1.03. The molecule has 0 aromatic rings. The van der Waals surface area contributed by atoms with Crippen LogP contribution in [0.2, 0.25) is 24.8 Å². The van der Waals surface area contributed by atoms with Crippen LogP contribution in [0.1, 0.15) is 27.7 Å². The summed E-state index contributed by atoms with van der Waals surface area (Å²) >= 11 is 0. The van der Waals surface area contributed by atoms with E-state index in [1.54, 1.807) is 0 Å². The fraction of sp³-hybridized carbons (Fsp3) is 1.00. The fourth-order valence-corrected chi connectivity index (χ4v) is 10.1. The molecule has 0 aromatic carbocycles. The average molecular weight is 265 g/mol. The Morgan fingerprint density at radius 1 is 0.750 bits per heavy atom. The summed E-state index contributed by atoms with van der Waals surface area (Å²) in [7, 11) is -3.63. The molecule has 0 saturated carbocycles. The van der Waals surface area contributed by atoms with Gasteiger partial charge in [0.05, 0.1) is 8.07 Å². The Hall–Kier alpha value is 0.314. The Morgan fingerprint density at radius 3 is 1.38 bits per heavy atom. The predicted octanol–water partition coefficient (Wildman–Crippen LogP) is 3.30. The van der Waals surface area contributed by atoms with Gasteiger partial charge in [0.25, 0.3) is 0 Å². The van der Waals surface area contributed by atoms with Crippen molar-refractivity contribution in [1.29, 1.82) is 0 Å². The van der Waals surface area contributed by atoms with E-state index in [1.165, 1.54) is 6.04 Å². The average Bonchev–Trinajstić information content (AvgIpc) is 2.18. The van der Waals surface area contributed by atoms with Gasteiger partial charge in [-0.1, -0.05) is 26.1 Å². The van der Waals surface area contributed by atoms with Crippen LogP contribution in [0, 0.1) is 0 Å². The van der Waals surface area contributed by atoms with Crippen molar-refractivity contribution in [3.8, 4) is 0 Å². The lowest BCUT2D eigenvalue weighted by Gasteiger charge is -2.34. The second-order valence-corrected chi connectivity index (χ2v) is 13.4. The molecule has 0 atom stereocenters. The van der Waals surface area contributed by atoms with Crippen LogP contribution in [0.25, 0.3) is 0 Å². The van der Waals surface area contributed by atoms with E-state index in [9.17, 15) is 0 Å². The van der Waals surface area contributed by atoms with Gasteiger partial charge in [0.1, 0.15) is 0 Å². The largest absolute Gasteiger partial charge is 0.498 e. The highest BCUT2D eigenvalue weighted by Crippen LogP contribution is 2.26. The molecular weight excluding hydrogens is 236 g/mol. The van der Waals surface area contributed by atoms with Gasteiger partial charge in [0, 0.05) is 25.5 Å². The molecule has 0 aliphatic heterocycles. The van der Waals surface area contributed by atoms with Crippen LogP contribution < -0.4 is 0 Å². The lowest BCUT2D eigenvalue weighted by Crippen LogP contribution is -2.52. The maximum Gasteiger partial charge on any atom is 0.498 e. The van der Waals surface area contributed by atoms with Crippen LogP contribution in [0.3, 0.4) is 0 Å². The zero-order chi connectivity index (χ0) is 12.7. The van der Waals surface area contributed by atoms with E-state index in [-0.39, 0.29) is 0 Å². The van der Waals surface area contributed by atoms with Gasteiger partial charge >= 0.3 is 8.80 Å². The van der Waals surface area contributed by atoms with E-state index in [2.05, 4.69) is 20.0 Å². The number of rotatable bonds is 9. The summed E-state index contributed by atoms with van der Waals surface area (Å²) in [4.78, 5) is 0. The molecule has 0 N–H and O–H groups in total. The first-order valence-electron chi connectivity index (χ1n) is 6.37. The smallest absolute Gasteiger partial charge is 0.374 e. The normalized spacial score (nSPS) is 13.1. The quantitative estimate of drug-likeness (QED) is 0.598. The maximum absolute atomic E-state index is 5.88. The van der Waals surface area contributed by atoms with Crippen molar-refractivity contribution < 1.29 is 13.3 Å². The summed E-state index contributed by atoms with van der Waals surface area (Å²) in [5.74, 6) is 0. The zero-order valence-corrected chi connectivity index (χ0v) is 13.8. The van der Waals surface area contributed by atoms with Crippen LogP contribution in [0.15, 0.2) is 0 Å². The van der Waals surface area contributed by atoms with Crippen molar-refractivity contribution in [2.24, 2.45) is 0 Å². The third-order valence-corrected chi connectivity index (χ3v) is 12.4. The molecule has 5 heteroatoms. The minimum Gasteiger partial charge on any atom is -0.374 e. The van der Waals surface area contributed by atoms with Gasteiger partial charge in [0.15, 0.2) is 0 Å². The Bertz CT molecular complexity index is 169. The molecule has 0 fully saturated rings. The molecule has 16 heavy (non-hydrogen) atoms. The van der Waals surface area contributed by atoms with E-state index < -0.39 is 16.9 Å². The van der Waals surface area contributed by atoms with Gasteiger partial charge in [-0.25, -0.2) is 0 Å². The topological polar surface area (TPSA) is 27.7 Å². The minimum atomic E-state index is -2.39. The molecule has 98 valence electrons. The Morgan fingerprint density at radius 2 is 1.12 bits per heavy atom. The van der Waals surface area contributed by atoms with Gasteiger partial charge in [-0.15, -0.1) is 0 Å². The third-order valence-electron chi connectivity index (χ3n) is 2.74. The van der Waals surface area contributed by atoms with Crippen molar-refractivity contribution in [2.75, 3.05) is 19.8 Å². The monoisotopic (exact) mass is 264 g/mol. The van der Waals surface area contributed by atoms with E-state index in [1.807, 2.05) is 20.8 Å².